The van der Waals surface area contributed by atoms with E-state index in [0.717, 1.165) is 10.5 Å². The first-order valence-electron chi connectivity index (χ1n) is 4.08. The van der Waals surface area contributed by atoms with Crippen molar-refractivity contribution in [1.82, 2.24) is 0 Å². The lowest BCUT2D eigenvalue weighted by Crippen LogP contribution is -2.29. The van der Waals surface area contributed by atoms with Crippen LogP contribution in [-0.2, 0) is 5.54 Å². The van der Waals surface area contributed by atoms with Crippen molar-refractivity contribution >= 4 is 11.8 Å². The van der Waals surface area contributed by atoms with Crippen LogP contribution in [0, 0.1) is 5.82 Å². The second-order valence-electron chi connectivity index (χ2n) is 3.57. The predicted molar refractivity (Wildman–Crippen MR) is 55.4 cm³/mol. The summed E-state index contributed by atoms with van der Waals surface area (Å²) in [6.45, 7) is 3.75. The summed E-state index contributed by atoms with van der Waals surface area (Å²) in [5.74, 6) is -0.230. The first-order chi connectivity index (χ1) is 5.95. The first-order valence-corrected chi connectivity index (χ1v) is 5.30. The van der Waals surface area contributed by atoms with Crippen LogP contribution in [-0.4, -0.2) is 6.26 Å². The van der Waals surface area contributed by atoms with Crippen LogP contribution in [0.25, 0.3) is 0 Å². The second-order valence-corrected chi connectivity index (χ2v) is 4.41. The zero-order chi connectivity index (χ0) is 10.1. The van der Waals surface area contributed by atoms with Crippen molar-refractivity contribution in [2.75, 3.05) is 6.26 Å². The van der Waals surface area contributed by atoms with Crippen molar-refractivity contribution in [3.63, 3.8) is 0 Å². The molecule has 3 heteroatoms. The largest absolute Gasteiger partial charge is 0.322 e. The highest BCUT2D eigenvalue weighted by Crippen LogP contribution is 2.28. The molecule has 0 fully saturated rings. The highest BCUT2D eigenvalue weighted by atomic mass is 32.2. The molecule has 0 bridgehead atoms. The van der Waals surface area contributed by atoms with E-state index in [1.54, 1.807) is 17.8 Å². The number of rotatable bonds is 2. The molecule has 1 nitrogen and oxygen atoms in total. The normalized spacial score (nSPS) is 11.8. The molecule has 13 heavy (non-hydrogen) atoms. The molecule has 0 aliphatic rings. The van der Waals surface area contributed by atoms with Crippen molar-refractivity contribution in [1.29, 1.82) is 0 Å². The number of nitrogens with two attached hydrogens (primary N) is 1. The fraction of sp³-hybridized carbons (Fsp3) is 0.400. The SMILES string of the molecule is CSc1ccc(F)cc1C(C)(C)N. The lowest BCUT2D eigenvalue weighted by atomic mass is 9.95. The van der Waals surface area contributed by atoms with Gasteiger partial charge in [-0.05, 0) is 43.9 Å². The Bertz CT molecular complexity index is 304. The maximum Gasteiger partial charge on any atom is 0.123 e. The van der Waals surface area contributed by atoms with Crippen molar-refractivity contribution in [3.8, 4) is 0 Å². The van der Waals surface area contributed by atoms with Gasteiger partial charge in [0.15, 0.2) is 0 Å². The summed E-state index contributed by atoms with van der Waals surface area (Å²) in [6, 6.07) is 4.73. The highest BCUT2D eigenvalue weighted by molar-refractivity contribution is 7.98. The monoisotopic (exact) mass is 199 g/mol. The van der Waals surface area contributed by atoms with E-state index >= 15 is 0 Å². The van der Waals surface area contributed by atoms with Crippen LogP contribution in [0.15, 0.2) is 23.1 Å². The fourth-order valence-corrected chi connectivity index (χ4v) is 1.93. The van der Waals surface area contributed by atoms with Crippen molar-refractivity contribution in [3.05, 3.63) is 29.6 Å². The van der Waals surface area contributed by atoms with E-state index in [4.69, 9.17) is 5.73 Å². The maximum absolute atomic E-state index is 12.9. The highest BCUT2D eigenvalue weighted by Gasteiger charge is 2.18. The van der Waals surface area contributed by atoms with E-state index in [9.17, 15) is 4.39 Å². The lowest BCUT2D eigenvalue weighted by Gasteiger charge is -2.22. The molecule has 0 saturated heterocycles. The molecule has 1 rings (SSSR count). The third-order valence-electron chi connectivity index (χ3n) is 1.86. The Morgan fingerprint density at radius 2 is 2.00 bits per heavy atom. The van der Waals surface area contributed by atoms with Gasteiger partial charge >= 0.3 is 0 Å². The summed E-state index contributed by atoms with van der Waals surface area (Å²) in [6.07, 6.45) is 1.96. The van der Waals surface area contributed by atoms with Gasteiger partial charge < -0.3 is 5.73 Å². The van der Waals surface area contributed by atoms with Gasteiger partial charge in [0.05, 0.1) is 0 Å². The molecule has 2 N–H and O–H groups in total. The van der Waals surface area contributed by atoms with E-state index in [2.05, 4.69) is 0 Å². The zero-order valence-corrected chi connectivity index (χ0v) is 8.91. The molecule has 0 aliphatic carbocycles. The molecule has 0 atom stereocenters. The zero-order valence-electron chi connectivity index (χ0n) is 8.10. The molecule has 0 unspecified atom stereocenters. The number of thioether (sulfide) groups is 1. The van der Waals surface area contributed by atoms with E-state index in [-0.39, 0.29) is 5.82 Å². The van der Waals surface area contributed by atoms with Crippen LogP contribution in [0.3, 0.4) is 0 Å². The van der Waals surface area contributed by atoms with Crippen molar-refractivity contribution < 1.29 is 4.39 Å². The minimum Gasteiger partial charge on any atom is -0.322 e. The topological polar surface area (TPSA) is 26.0 Å². The van der Waals surface area contributed by atoms with E-state index in [1.807, 2.05) is 20.1 Å². The van der Waals surface area contributed by atoms with Gasteiger partial charge in [0.2, 0.25) is 0 Å². The quantitative estimate of drug-likeness (QED) is 0.741. The Morgan fingerprint density at radius 1 is 1.38 bits per heavy atom. The van der Waals surface area contributed by atoms with E-state index < -0.39 is 5.54 Å². The van der Waals surface area contributed by atoms with Gasteiger partial charge in [-0.3, -0.25) is 0 Å². The van der Waals surface area contributed by atoms with Gasteiger partial charge in [0.25, 0.3) is 0 Å². The molecular weight excluding hydrogens is 185 g/mol. The Kier molecular flexibility index (Phi) is 2.98. The minimum atomic E-state index is -0.486. The van der Waals surface area contributed by atoms with Crippen LogP contribution >= 0.6 is 11.8 Å². The molecule has 0 aromatic heterocycles. The summed E-state index contributed by atoms with van der Waals surface area (Å²) in [7, 11) is 0. The number of halogens is 1. The number of hydrogen-bond donors (Lipinski definition) is 1. The van der Waals surface area contributed by atoms with Crippen LogP contribution in [0.4, 0.5) is 4.39 Å². The third kappa shape index (κ3) is 2.45. The van der Waals surface area contributed by atoms with E-state index in [1.165, 1.54) is 12.1 Å². The van der Waals surface area contributed by atoms with E-state index in [0.29, 0.717) is 0 Å². The molecule has 1 aromatic rings. The molecular formula is C10H14FNS. The van der Waals surface area contributed by atoms with Crippen LogP contribution < -0.4 is 5.73 Å². The average molecular weight is 199 g/mol. The molecule has 0 spiro atoms. The second kappa shape index (κ2) is 3.68. The predicted octanol–water partition coefficient (Wildman–Crippen LogP) is 2.74. The smallest absolute Gasteiger partial charge is 0.123 e. The summed E-state index contributed by atoms with van der Waals surface area (Å²) in [4.78, 5) is 1.04. The molecule has 0 amide bonds. The Balaban J connectivity index is 3.24. The first kappa shape index (κ1) is 10.5. The standard InChI is InChI=1S/C10H14FNS/c1-10(2,12)8-6-7(11)4-5-9(8)13-3/h4-6H,12H2,1-3H3. The van der Waals surface area contributed by atoms with Gasteiger partial charge in [-0.15, -0.1) is 11.8 Å². The molecule has 0 heterocycles. The van der Waals surface area contributed by atoms with Gasteiger partial charge in [-0.2, -0.15) is 0 Å². The van der Waals surface area contributed by atoms with Gasteiger partial charge in [0.1, 0.15) is 5.82 Å². The molecule has 1 aromatic carbocycles. The molecule has 72 valence electrons. The third-order valence-corrected chi connectivity index (χ3v) is 2.65. The molecule has 0 radical (unpaired) electrons. The van der Waals surface area contributed by atoms with Crippen LogP contribution in [0.1, 0.15) is 19.4 Å². The summed E-state index contributed by atoms with van der Waals surface area (Å²) in [5, 5.41) is 0. The van der Waals surface area contributed by atoms with Crippen molar-refractivity contribution in [2.45, 2.75) is 24.3 Å². The summed E-state index contributed by atoms with van der Waals surface area (Å²) in [5.41, 5.74) is 6.30. The summed E-state index contributed by atoms with van der Waals surface area (Å²) < 4.78 is 12.9. The Labute approximate surface area is 82.5 Å². The molecule has 0 aliphatic heterocycles. The Hall–Kier alpha value is -0.540. The fourth-order valence-electron chi connectivity index (χ4n) is 1.18. The maximum atomic E-state index is 12.9. The average Bonchev–Trinajstić information content (AvgIpc) is 2.03. The minimum absolute atomic E-state index is 0.230. The van der Waals surface area contributed by atoms with Gasteiger partial charge in [-0.25, -0.2) is 4.39 Å². The number of benzene rings is 1. The van der Waals surface area contributed by atoms with Gasteiger partial charge in [-0.1, -0.05) is 0 Å². The lowest BCUT2D eigenvalue weighted by molar-refractivity contribution is 0.532. The van der Waals surface area contributed by atoms with Gasteiger partial charge in [0, 0.05) is 10.4 Å². The van der Waals surface area contributed by atoms with Crippen LogP contribution in [0.2, 0.25) is 0 Å². The Morgan fingerprint density at radius 3 is 2.46 bits per heavy atom. The summed E-state index contributed by atoms with van der Waals surface area (Å²) >= 11 is 1.58. The van der Waals surface area contributed by atoms with Crippen LogP contribution in [0.5, 0.6) is 0 Å². The number of hydrogen-bond acceptors (Lipinski definition) is 2. The molecule has 0 saturated carbocycles. The van der Waals surface area contributed by atoms with Crippen molar-refractivity contribution in [2.24, 2.45) is 5.73 Å².